The quantitative estimate of drug-likeness (QED) is 0.134. The molecule has 0 aliphatic heterocycles. The van der Waals surface area contributed by atoms with E-state index in [1.807, 2.05) is 0 Å². The van der Waals surface area contributed by atoms with Crippen molar-refractivity contribution < 1.29 is 64.5 Å². The monoisotopic (exact) mass is 592 g/mol. The van der Waals surface area contributed by atoms with Crippen molar-refractivity contribution in [3.8, 4) is 0 Å². The minimum Gasteiger partial charge on any atom is -0.457 e. The first-order chi connectivity index (χ1) is 17.5. The van der Waals surface area contributed by atoms with Crippen LogP contribution in [0.15, 0.2) is 12.2 Å². The number of hydrogen-bond acceptors (Lipinski definition) is 8. The van der Waals surface area contributed by atoms with Crippen LogP contribution in [0.25, 0.3) is 0 Å². The van der Waals surface area contributed by atoms with Crippen molar-refractivity contribution in [2.45, 2.75) is 99.2 Å². The molecule has 0 aliphatic rings. The smallest absolute Gasteiger partial charge is 0.378 e. The standard InChI is InChI=1S/C26H38F6O8/c1-14(2)17(33)39-15(12-37-18(34)24(27,28)21(3,4)5)16(40-20(36)26(31,32)23(9,10)11)13-38-19(35)25(29,30)22(6,7)8/h15-16H,1,12-13H2,2-11H3. The van der Waals surface area contributed by atoms with Crippen molar-refractivity contribution in [3.05, 3.63) is 12.2 Å². The molecular weight excluding hydrogens is 554 g/mol. The molecule has 40 heavy (non-hydrogen) atoms. The van der Waals surface area contributed by atoms with Gasteiger partial charge in [0.25, 0.3) is 0 Å². The summed E-state index contributed by atoms with van der Waals surface area (Å²) in [5.74, 6) is -20.2. The predicted molar refractivity (Wildman–Crippen MR) is 130 cm³/mol. The number of carbonyl (C=O) groups excluding carboxylic acids is 4. The summed E-state index contributed by atoms with van der Waals surface area (Å²) in [6, 6.07) is 0. The molecule has 0 heterocycles. The Balaban J connectivity index is 6.47. The molecule has 2 unspecified atom stereocenters. The van der Waals surface area contributed by atoms with Gasteiger partial charge >= 0.3 is 41.6 Å². The molecule has 8 nitrogen and oxygen atoms in total. The zero-order valence-electron chi connectivity index (χ0n) is 24.3. The number of carbonyl (C=O) groups is 4. The van der Waals surface area contributed by atoms with Gasteiger partial charge < -0.3 is 18.9 Å². The Labute approximate surface area is 229 Å². The topological polar surface area (TPSA) is 105 Å². The number of esters is 4. The molecule has 0 N–H and O–H groups in total. The molecule has 0 rings (SSSR count). The van der Waals surface area contributed by atoms with E-state index in [1.54, 1.807) is 0 Å². The summed E-state index contributed by atoms with van der Waals surface area (Å²) in [5, 5.41) is 0. The number of rotatable bonds is 11. The Bertz CT molecular complexity index is 971. The third-order valence-corrected chi connectivity index (χ3v) is 5.63. The van der Waals surface area contributed by atoms with Gasteiger partial charge in [-0.3, -0.25) is 0 Å². The Morgan fingerprint density at radius 2 is 0.850 bits per heavy atom. The summed E-state index contributed by atoms with van der Waals surface area (Å²) < 4.78 is 106. The number of hydrogen-bond donors (Lipinski definition) is 0. The van der Waals surface area contributed by atoms with E-state index in [4.69, 9.17) is 9.47 Å². The second-order valence-corrected chi connectivity index (χ2v) is 12.3. The first-order valence-corrected chi connectivity index (χ1v) is 12.1. The summed E-state index contributed by atoms with van der Waals surface area (Å²) >= 11 is 0. The zero-order valence-corrected chi connectivity index (χ0v) is 24.3. The molecule has 0 aromatic carbocycles. The van der Waals surface area contributed by atoms with Gasteiger partial charge in [0.2, 0.25) is 0 Å². The first-order valence-electron chi connectivity index (χ1n) is 12.1. The normalized spacial score (nSPS) is 15.0. The number of halogens is 6. The van der Waals surface area contributed by atoms with E-state index in [2.05, 4.69) is 16.1 Å². The Kier molecular flexibility index (Phi) is 11.5. The van der Waals surface area contributed by atoms with Gasteiger partial charge in [-0.05, 0) is 6.92 Å². The third kappa shape index (κ3) is 8.85. The molecule has 0 aromatic rings. The Morgan fingerprint density at radius 3 is 1.12 bits per heavy atom. The van der Waals surface area contributed by atoms with Gasteiger partial charge in [-0.2, -0.15) is 26.3 Å². The van der Waals surface area contributed by atoms with Crippen LogP contribution in [0.4, 0.5) is 26.3 Å². The Hall–Kier alpha value is -2.80. The highest BCUT2D eigenvalue weighted by molar-refractivity contribution is 5.87. The fraction of sp³-hybridized carbons (Fsp3) is 0.769. The molecule has 0 radical (unpaired) electrons. The molecule has 2 atom stereocenters. The van der Waals surface area contributed by atoms with Crippen LogP contribution in [0.3, 0.4) is 0 Å². The average Bonchev–Trinajstić information content (AvgIpc) is 2.75. The lowest BCUT2D eigenvalue weighted by atomic mass is 9.88. The lowest BCUT2D eigenvalue weighted by Gasteiger charge is -2.33. The first kappa shape index (κ1) is 37.2. The van der Waals surface area contributed by atoms with Crippen molar-refractivity contribution in [3.63, 3.8) is 0 Å². The summed E-state index contributed by atoms with van der Waals surface area (Å²) in [7, 11) is 0. The van der Waals surface area contributed by atoms with Gasteiger partial charge in [-0.25, -0.2) is 19.2 Å². The molecule has 0 bridgehead atoms. The molecule has 0 fully saturated rings. The maximum absolute atomic E-state index is 14.7. The highest BCUT2D eigenvalue weighted by atomic mass is 19.3. The molecule has 0 aliphatic carbocycles. The summed E-state index contributed by atoms with van der Waals surface area (Å²) in [5.41, 5.74) is -6.24. The maximum atomic E-state index is 14.7. The lowest BCUT2D eigenvalue weighted by molar-refractivity contribution is -0.215. The lowest BCUT2D eigenvalue weighted by Crippen LogP contribution is -2.51. The molecule has 0 saturated heterocycles. The second kappa shape index (κ2) is 12.4. The van der Waals surface area contributed by atoms with E-state index in [9.17, 15) is 45.5 Å². The van der Waals surface area contributed by atoms with Gasteiger partial charge in [-0.1, -0.05) is 68.9 Å². The zero-order chi connectivity index (χ0) is 32.3. The fourth-order valence-electron chi connectivity index (χ4n) is 2.30. The summed E-state index contributed by atoms with van der Waals surface area (Å²) in [4.78, 5) is 48.9. The van der Waals surface area contributed by atoms with E-state index >= 15 is 0 Å². The predicted octanol–water partition coefficient (Wildman–Crippen LogP) is 5.52. The molecule has 0 spiro atoms. The second-order valence-electron chi connectivity index (χ2n) is 12.3. The van der Waals surface area contributed by atoms with Crippen LogP contribution >= 0.6 is 0 Å². The van der Waals surface area contributed by atoms with E-state index in [0.717, 1.165) is 69.2 Å². The van der Waals surface area contributed by atoms with Crippen LogP contribution in [-0.2, 0) is 38.1 Å². The minimum atomic E-state index is -4.22. The average molecular weight is 593 g/mol. The Morgan fingerprint density at radius 1 is 0.575 bits per heavy atom. The molecule has 0 amide bonds. The van der Waals surface area contributed by atoms with Gasteiger partial charge in [0, 0.05) is 21.8 Å². The van der Waals surface area contributed by atoms with Gasteiger partial charge in [0.15, 0.2) is 12.2 Å². The van der Waals surface area contributed by atoms with E-state index < -0.39 is 83.3 Å². The minimum absolute atomic E-state index is 0.308. The van der Waals surface area contributed by atoms with Crippen molar-refractivity contribution in [1.82, 2.24) is 0 Å². The number of alkyl halides is 6. The summed E-state index contributed by atoms with van der Waals surface area (Å²) in [6.07, 6.45) is -4.47. The van der Waals surface area contributed by atoms with Crippen molar-refractivity contribution in [2.24, 2.45) is 16.2 Å². The van der Waals surface area contributed by atoms with E-state index in [0.29, 0.717) is 0 Å². The molecule has 232 valence electrons. The van der Waals surface area contributed by atoms with Crippen LogP contribution in [0, 0.1) is 16.2 Å². The van der Waals surface area contributed by atoms with Gasteiger partial charge in [0.05, 0.1) is 0 Å². The maximum Gasteiger partial charge on any atom is 0.378 e. The van der Waals surface area contributed by atoms with E-state index in [-0.39, 0.29) is 5.57 Å². The SMILES string of the molecule is C=C(C)C(=O)OC(COC(=O)C(F)(F)C(C)(C)C)C(COC(=O)C(F)(F)C(C)(C)C)OC(=O)C(F)(F)C(C)(C)C. The molecule has 14 heteroatoms. The van der Waals surface area contributed by atoms with Crippen LogP contribution in [-0.4, -0.2) is 67.1 Å². The molecule has 0 aromatic heterocycles. The van der Waals surface area contributed by atoms with Crippen molar-refractivity contribution in [1.29, 1.82) is 0 Å². The number of ether oxygens (including phenoxy) is 4. The van der Waals surface area contributed by atoms with Crippen LogP contribution in [0.5, 0.6) is 0 Å². The highest BCUT2D eigenvalue weighted by Crippen LogP contribution is 2.39. The van der Waals surface area contributed by atoms with Crippen LogP contribution < -0.4 is 0 Å². The van der Waals surface area contributed by atoms with Crippen molar-refractivity contribution in [2.75, 3.05) is 13.2 Å². The molecule has 0 saturated carbocycles. The summed E-state index contributed by atoms with van der Waals surface area (Å²) in [6.45, 7) is 10.7. The van der Waals surface area contributed by atoms with Gasteiger partial charge in [-0.15, -0.1) is 0 Å². The largest absolute Gasteiger partial charge is 0.457 e. The van der Waals surface area contributed by atoms with Crippen molar-refractivity contribution >= 4 is 23.9 Å². The van der Waals surface area contributed by atoms with Crippen LogP contribution in [0.2, 0.25) is 0 Å². The van der Waals surface area contributed by atoms with Crippen LogP contribution in [0.1, 0.15) is 69.2 Å². The van der Waals surface area contributed by atoms with E-state index in [1.165, 1.54) is 0 Å². The fourth-order valence-corrected chi connectivity index (χ4v) is 2.30. The van der Waals surface area contributed by atoms with Gasteiger partial charge in [0.1, 0.15) is 13.2 Å². The third-order valence-electron chi connectivity index (χ3n) is 5.63. The molecular formula is C26H38F6O8. The highest BCUT2D eigenvalue weighted by Gasteiger charge is 2.55.